The molecule has 3 atom stereocenters. The first kappa shape index (κ1) is 19.2. The summed E-state index contributed by atoms with van der Waals surface area (Å²) in [7, 11) is 0. The zero-order valence-corrected chi connectivity index (χ0v) is 13.7. The van der Waals surface area contributed by atoms with Gasteiger partial charge in [-0.1, -0.05) is 0 Å². The van der Waals surface area contributed by atoms with Crippen LogP contribution in [-0.2, 0) is 19.2 Å². The van der Waals surface area contributed by atoms with Crippen molar-refractivity contribution in [3.05, 3.63) is 0 Å². The van der Waals surface area contributed by atoms with Crippen LogP contribution in [0.25, 0.3) is 0 Å². The second kappa shape index (κ2) is 8.73. The van der Waals surface area contributed by atoms with E-state index >= 15 is 0 Å². The third-order valence-electron chi connectivity index (χ3n) is 3.57. The number of hydrogen-bond donors (Lipinski definition) is 5. The predicted molar refractivity (Wildman–Crippen MR) is 84.8 cm³/mol. The molecule has 0 aromatic heterocycles. The molecule has 23 heavy (non-hydrogen) atoms. The Bertz CT molecular complexity index is 487. The number of nitrogens with one attached hydrogen (secondary N) is 2. The largest absolute Gasteiger partial charge is 0.480 e. The number of carbonyl (C=O) groups is 4. The molecule has 1 aliphatic heterocycles. The van der Waals surface area contributed by atoms with Gasteiger partial charge in [0.25, 0.3) is 0 Å². The quantitative estimate of drug-likeness (QED) is 0.336. The van der Waals surface area contributed by atoms with Crippen molar-refractivity contribution in [2.24, 2.45) is 5.73 Å². The fourth-order valence-corrected chi connectivity index (χ4v) is 2.61. The van der Waals surface area contributed by atoms with Gasteiger partial charge in [0.2, 0.25) is 17.7 Å². The zero-order chi connectivity index (χ0) is 17.6. The number of thiol groups is 1. The Morgan fingerprint density at radius 2 is 2.00 bits per heavy atom. The molecule has 5 N–H and O–H groups in total. The van der Waals surface area contributed by atoms with Gasteiger partial charge in [-0.15, -0.1) is 0 Å². The van der Waals surface area contributed by atoms with Crippen LogP contribution in [0.1, 0.15) is 19.8 Å². The Hall–Kier alpha value is -1.81. The van der Waals surface area contributed by atoms with Crippen LogP contribution < -0.4 is 16.4 Å². The van der Waals surface area contributed by atoms with Crippen molar-refractivity contribution in [3.63, 3.8) is 0 Å². The second-order valence-corrected chi connectivity index (χ2v) is 5.63. The number of nitrogens with two attached hydrogens (primary N) is 1. The summed E-state index contributed by atoms with van der Waals surface area (Å²) >= 11 is 3.88. The maximum absolute atomic E-state index is 12.4. The minimum atomic E-state index is -1.19. The Labute approximate surface area is 139 Å². The third-order valence-corrected chi connectivity index (χ3v) is 3.93. The Morgan fingerprint density at radius 1 is 1.35 bits per heavy atom. The van der Waals surface area contributed by atoms with E-state index in [-0.39, 0.29) is 12.3 Å². The van der Waals surface area contributed by atoms with E-state index in [9.17, 15) is 19.2 Å². The van der Waals surface area contributed by atoms with Gasteiger partial charge in [-0.2, -0.15) is 12.6 Å². The van der Waals surface area contributed by atoms with E-state index in [1.165, 1.54) is 11.8 Å². The Morgan fingerprint density at radius 3 is 2.52 bits per heavy atom. The van der Waals surface area contributed by atoms with Crippen molar-refractivity contribution >= 4 is 36.3 Å². The minimum absolute atomic E-state index is 0.0509. The Balaban J connectivity index is 2.72. The standard InChI is InChI=1S/C13H22N4O5S/c1-7(15-10(18)5-14)12(20)17-4-2-3-9(17)11(19)16-8(6-23)13(21)22/h7-9,23H,2-6,14H2,1H3,(H,15,18)(H,16,19)(H,21,22). The molecule has 0 saturated carbocycles. The first-order valence-electron chi connectivity index (χ1n) is 7.25. The van der Waals surface area contributed by atoms with Crippen molar-refractivity contribution in [1.29, 1.82) is 0 Å². The van der Waals surface area contributed by atoms with Gasteiger partial charge in [0.05, 0.1) is 6.54 Å². The van der Waals surface area contributed by atoms with Gasteiger partial charge in [0.15, 0.2) is 0 Å². The van der Waals surface area contributed by atoms with Crippen molar-refractivity contribution in [2.75, 3.05) is 18.8 Å². The molecule has 0 spiro atoms. The third kappa shape index (κ3) is 5.10. The first-order valence-corrected chi connectivity index (χ1v) is 7.89. The molecule has 3 unspecified atom stereocenters. The SMILES string of the molecule is CC(NC(=O)CN)C(=O)N1CCCC1C(=O)NC(CS)C(=O)O. The molecule has 9 nitrogen and oxygen atoms in total. The molecule has 3 amide bonds. The van der Waals surface area contributed by atoms with Gasteiger partial charge in [0, 0.05) is 12.3 Å². The number of likely N-dealkylation sites (tertiary alicyclic amines) is 1. The number of aliphatic carboxylic acids is 1. The van der Waals surface area contributed by atoms with E-state index in [1.54, 1.807) is 0 Å². The second-order valence-electron chi connectivity index (χ2n) is 5.26. The fraction of sp³-hybridized carbons (Fsp3) is 0.692. The van der Waals surface area contributed by atoms with Crippen LogP contribution in [0.15, 0.2) is 0 Å². The van der Waals surface area contributed by atoms with E-state index in [0.29, 0.717) is 19.4 Å². The topological polar surface area (TPSA) is 142 Å². The number of nitrogens with zero attached hydrogens (tertiary/aromatic N) is 1. The average Bonchev–Trinajstić information content (AvgIpc) is 3.00. The van der Waals surface area contributed by atoms with Gasteiger partial charge in [0.1, 0.15) is 18.1 Å². The van der Waals surface area contributed by atoms with Crippen molar-refractivity contribution < 1.29 is 24.3 Å². The van der Waals surface area contributed by atoms with E-state index in [2.05, 4.69) is 23.3 Å². The van der Waals surface area contributed by atoms with Gasteiger partial charge in [-0.25, -0.2) is 4.79 Å². The van der Waals surface area contributed by atoms with Crippen LogP contribution in [0, 0.1) is 0 Å². The maximum Gasteiger partial charge on any atom is 0.327 e. The highest BCUT2D eigenvalue weighted by atomic mass is 32.1. The van der Waals surface area contributed by atoms with E-state index in [1.807, 2.05) is 0 Å². The first-order chi connectivity index (χ1) is 10.8. The molecule has 1 rings (SSSR count). The van der Waals surface area contributed by atoms with Crippen molar-refractivity contribution in [1.82, 2.24) is 15.5 Å². The maximum atomic E-state index is 12.4. The molecule has 10 heteroatoms. The molecule has 130 valence electrons. The summed E-state index contributed by atoms with van der Waals surface area (Å²) in [6, 6.07) is -2.67. The monoisotopic (exact) mass is 346 g/mol. The van der Waals surface area contributed by atoms with E-state index in [4.69, 9.17) is 10.8 Å². The molecule has 0 radical (unpaired) electrons. The van der Waals surface area contributed by atoms with Crippen molar-refractivity contribution in [2.45, 2.75) is 37.9 Å². The highest BCUT2D eigenvalue weighted by Crippen LogP contribution is 2.18. The van der Waals surface area contributed by atoms with Crippen LogP contribution >= 0.6 is 12.6 Å². The van der Waals surface area contributed by atoms with Gasteiger partial charge in [-0.05, 0) is 19.8 Å². The highest BCUT2D eigenvalue weighted by molar-refractivity contribution is 7.80. The highest BCUT2D eigenvalue weighted by Gasteiger charge is 2.37. The summed E-state index contributed by atoms with van der Waals surface area (Å²) in [6.07, 6.45) is 1.06. The summed E-state index contributed by atoms with van der Waals surface area (Å²) < 4.78 is 0. The van der Waals surface area contributed by atoms with Gasteiger partial charge in [-0.3, -0.25) is 14.4 Å². The summed E-state index contributed by atoms with van der Waals surface area (Å²) in [4.78, 5) is 48.2. The van der Waals surface area contributed by atoms with Gasteiger partial charge < -0.3 is 26.4 Å². The summed E-state index contributed by atoms with van der Waals surface area (Å²) in [5.74, 6) is -2.64. The van der Waals surface area contributed by atoms with Crippen LogP contribution in [-0.4, -0.2) is 70.7 Å². The molecule has 0 bridgehead atoms. The number of rotatable bonds is 7. The summed E-state index contributed by atoms with van der Waals surface area (Å²) in [6.45, 7) is 1.65. The van der Waals surface area contributed by atoms with E-state index in [0.717, 1.165) is 0 Å². The molecule has 1 heterocycles. The summed E-state index contributed by atoms with van der Waals surface area (Å²) in [5, 5.41) is 13.8. The lowest BCUT2D eigenvalue weighted by Gasteiger charge is -2.27. The Kier molecular flexibility index (Phi) is 7.30. The number of hydrogen-bond acceptors (Lipinski definition) is 6. The number of carboxylic acid groups (broad SMARTS) is 1. The lowest BCUT2D eigenvalue weighted by Crippen LogP contribution is -2.55. The average molecular weight is 346 g/mol. The normalized spacial score (nSPS) is 19.8. The molecule has 1 aliphatic rings. The lowest BCUT2D eigenvalue weighted by molar-refractivity contribution is -0.144. The van der Waals surface area contributed by atoms with Crippen LogP contribution in [0.2, 0.25) is 0 Å². The molecule has 0 aromatic carbocycles. The van der Waals surface area contributed by atoms with Crippen molar-refractivity contribution in [3.8, 4) is 0 Å². The van der Waals surface area contributed by atoms with Gasteiger partial charge >= 0.3 is 5.97 Å². The molecule has 0 aromatic rings. The van der Waals surface area contributed by atoms with Crippen LogP contribution in [0.3, 0.4) is 0 Å². The minimum Gasteiger partial charge on any atom is -0.480 e. The molecule has 1 fully saturated rings. The molecule has 1 saturated heterocycles. The number of carboxylic acids is 1. The lowest BCUT2D eigenvalue weighted by atomic mass is 10.1. The van der Waals surface area contributed by atoms with Crippen LogP contribution in [0.5, 0.6) is 0 Å². The molecule has 0 aliphatic carbocycles. The zero-order valence-electron chi connectivity index (χ0n) is 12.8. The fourth-order valence-electron chi connectivity index (χ4n) is 2.37. The predicted octanol–water partition coefficient (Wildman–Crippen LogP) is -2.06. The number of amides is 3. The smallest absolute Gasteiger partial charge is 0.327 e. The van der Waals surface area contributed by atoms with E-state index < -0.39 is 41.8 Å². The molecular formula is C13H22N4O5S. The molecular weight excluding hydrogens is 324 g/mol. The van der Waals surface area contributed by atoms with Crippen LogP contribution in [0.4, 0.5) is 0 Å². The number of carbonyl (C=O) groups excluding carboxylic acids is 3. The summed E-state index contributed by atoms with van der Waals surface area (Å²) in [5.41, 5.74) is 5.18.